The molecular formula is C23H31N3O3S. The van der Waals surface area contributed by atoms with Crippen LogP contribution in [0.2, 0.25) is 0 Å². The molecule has 0 radical (unpaired) electrons. The molecule has 0 aromatic heterocycles. The summed E-state index contributed by atoms with van der Waals surface area (Å²) in [7, 11) is -1.41. The molecule has 7 heteroatoms. The Morgan fingerprint density at radius 3 is 2.47 bits per heavy atom. The van der Waals surface area contributed by atoms with E-state index in [4.69, 9.17) is 0 Å². The molecule has 1 aliphatic rings. The van der Waals surface area contributed by atoms with E-state index >= 15 is 0 Å². The fourth-order valence-electron chi connectivity index (χ4n) is 3.83. The summed E-state index contributed by atoms with van der Waals surface area (Å²) in [4.78, 5) is 15.1. The van der Waals surface area contributed by atoms with Crippen LogP contribution in [0.4, 0.5) is 0 Å². The molecule has 2 aromatic carbocycles. The minimum absolute atomic E-state index is 0.0107. The number of rotatable bonds is 9. The van der Waals surface area contributed by atoms with Crippen molar-refractivity contribution in [1.82, 2.24) is 14.5 Å². The third kappa shape index (κ3) is 5.68. The van der Waals surface area contributed by atoms with Crippen LogP contribution in [0.1, 0.15) is 30.0 Å². The standard InChI is InChI=1S/C23H31N3O3S/c1-3-30(28,29)26-18-21-13-8-7-12-20(21)16-22(26)23(27)24-14-9-15-25(2)17-19-10-5-4-6-11-19/h4-8,10-13,22H,3,9,14-18H2,1-2H3,(H,24,27). The van der Waals surface area contributed by atoms with E-state index in [0.717, 1.165) is 30.6 Å². The van der Waals surface area contributed by atoms with E-state index in [1.165, 1.54) is 9.87 Å². The first kappa shape index (κ1) is 22.5. The fourth-order valence-corrected chi connectivity index (χ4v) is 5.06. The lowest BCUT2D eigenvalue weighted by Crippen LogP contribution is -2.53. The van der Waals surface area contributed by atoms with Gasteiger partial charge in [-0.2, -0.15) is 4.31 Å². The highest BCUT2D eigenvalue weighted by atomic mass is 32.2. The van der Waals surface area contributed by atoms with Gasteiger partial charge in [-0.15, -0.1) is 0 Å². The van der Waals surface area contributed by atoms with E-state index < -0.39 is 16.1 Å². The first-order chi connectivity index (χ1) is 14.4. The number of carbonyl (C=O) groups excluding carboxylic acids is 1. The Morgan fingerprint density at radius 1 is 1.10 bits per heavy atom. The molecule has 0 fully saturated rings. The Labute approximate surface area is 179 Å². The van der Waals surface area contributed by atoms with Crippen molar-refractivity contribution < 1.29 is 13.2 Å². The zero-order valence-corrected chi connectivity index (χ0v) is 18.6. The lowest BCUT2D eigenvalue weighted by molar-refractivity contribution is -0.125. The highest BCUT2D eigenvalue weighted by Crippen LogP contribution is 2.26. The van der Waals surface area contributed by atoms with Crippen LogP contribution in [-0.2, 0) is 34.3 Å². The number of benzene rings is 2. The second-order valence-corrected chi connectivity index (χ2v) is 10.0. The number of nitrogens with one attached hydrogen (secondary N) is 1. The maximum atomic E-state index is 12.9. The molecule has 1 N–H and O–H groups in total. The summed E-state index contributed by atoms with van der Waals surface area (Å²) in [6, 6.07) is 17.3. The van der Waals surface area contributed by atoms with Gasteiger partial charge in [-0.1, -0.05) is 54.6 Å². The average molecular weight is 430 g/mol. The second-order valence-electron chi connectivity index (χ2n) is 7.80. The summed E-state index contributed by atoms with van der Waals surface area (Å²) in [5.41, 5.74) is 3.27. The Balaban J connectivity index is 1.55. The van der Waals surface area contributed by atoms with Crippen molar-refractivity contribution in [2.75, 3.05) is 25.9 Å². The van der Waals surface area contributed by atoms with Crippen LogP contribution in [0.15, 0.2) is 54.6 Å². The number of hydrogen-bond acceptors (Lipinski definition) is 4. The SMILES string of the molecule is CCS(=O)(=O)N1Cc2ccccc2CC1C(=O)NCCCN(C)Cc1ccccc1. The number of nitrogens with zero attached hydrogens (tertiary/aromatic N) is 2. The van der Waals surface area contributed by atoms with Crippen molar-refractivity contribution in [1.29, 1.82) is 0 Å². The molecular weight excluding hydrogens is 398 g/mol. The molecule has 162 valence electrons. The first-order valence-electron chi connectivity index (χ1n) is 10.5. The fraction of sp³-hybridized carbons (Fsp3) is 0.435. The van der Waals surface area contributed by atoms with Crippen LogP contribution in [0.5, 0.6) is 0 Å². The third-order valence-corrected chi connectivity index (χ3v) is 7.37. The molecule has 2 aromatic rings. The predicted molar refractivity (Wildman–Crippen MR) is 119 cm³/mol. The van der Waals surface area contributed by atoms with Gasteiger partial charge in [-0.3, -0.25) is 4.79 Å². The summed E-state index contributed by atoms with van der Waals surface area (Å²) in [6.07, 6.45) is 1.22. The monoisotopic (exact) mass is 429 g/mol. The summed E-state index contributed by atoms with van der Waals surface area (Å²) in [5.74, 6) is -0.226. The number of carbonyl (C=O) groups is 1. The summed E-state index contributed by atoms with van der Waals surface area (Å²) in [5, 5.41) is 2.96. The van der Waals surface area contributed by atoms with Crippen LogP contribution >= 0.6 is 0 Å². The summed E-state index contributed by atoms with van der Waals surface area (Å²) < 4.78 is 26.6. The normalized spacial score (nSPS) is 17.0. The maximum Gasteiger partial charge on any atom is 0.238 e. The van der Waals surface area contributed by atoms with Crippen LogP contribution in [0.3, 0.4) is 0 Å². The summed E-state index contributed by atoms with van der Waals surface area (Å²) >= 11 is 0. The van der Waals surface area contributed by atoms with E-state index in [-0.39, 0.29) is 18.2 Å². The molecule has 30 heavy (non-hydrogen) atoms. The Bertz CT molecular complexity index is 947. The minimum atomic E-state index is -3.47. The smallest absolute Gasteiger partial charge is 0.238 e. The largest absolute Gasteiger partial charge is 0.355 e. The van der Waals surface area contributed by atoms with Gasteiger partial charge in [0, 0.05) is 19.6 Å². The van der Waals surface area contributed by atoms with Crippen molar-refractivity contribution >= 4 is 15.9 Å². The Hall–Kier alpha value is -2.22. The molecule has 3 rings (SSSR count). The zero-order valence-electron chi connectivity index (χ0n) is 17.8. The molecule has 0 bridgehead atoms. The molecule has 0 saturated heterocycles. The van der Waals surface area contributed by atoms with Crippen LogP contribution in [0, 0.1) is 0 Å². The Morgan fingerprint density at radius 2 is 1.77 bits per heavy atom. The van der Waals surface area contributed by atoms with Gasteiger partial charge in [0.1, 0.15) is 6.04 Å². The maximum absolute atomic E-state index is 12.9. The van der Waals surface area contributed by atoms with Gasteiger partial charge in [0.25, 0.3) is 0 Å². The van der Waals surface area contributed by atoms with Crippen molar-refractivity contribution in [3.05, 3.63) is 71.3 Å². The molecule has 6 nitrogen and oxygen atoms in total. The molecule has 0 saturated carbocycles. The second kappa shape index (κ2) is 10.2. The van der Waals surface area contributed by atoms with Gasteiger partial charge in [0.15, 0.2) is 0 Å². The topological polar surface area (TPSA) is 69.7 Å². The number of amides is 1. The minimum Gasteiger partial charge on any atom is -0.355 e. The third-order valence-electron chi connectivity index (χ3n) is 5.54. The lowest BCUT2D eigenvalue weighted by atomic mass is 9.95. The van der Waals surface area contributed by atoms with Gasteiger partial charge in [-0.05, 0) is 50.0 Å². The van der Waals surface area contributed by atoms with Gasteiger partial charge in [-0.25, -0.2) is 8.42 Å². The quantitative estimate of drug-likeness (QED) is 0.622. The van der Waals surface area contributed by atoms with E-state index in [1.54, 1.807) is 6.92 Å². The van der Waals surface area contributed by atoms with Crippen molar-refractivity contribution in [2.24, 2.45) is 0 Å². The highest BCUT2D eigenvalue weighted by molar-refractivity contribution is 7.89. The van der Waals surface area contributed by atoms with Gasteiger partial charge in [0.05, 0.1) is 5.75 Å². The van der Waals surface area contributed by atoms with Crippen molar-refractivity contribution in [3.8, 4) is 0 Å². The number of sulfonamides is 1. The molecule has 0 aliphatic carbocycles. The summed E-state index contributed by atoms with van der Waals surface area (Å²) in [6.45, 7) is 4.10. The van der Waals surface area contributed by atoms with Crippen molar-refractivity contribution in [3.63, 3.8) is 0 Å². The Kier molecular flexibility index (Phi) is 7.64. The van der Waals surface area contributed by atoms with E-state index in [0.29, 0.717) is 13.0 Å². The van der Waals surface area contributed by atoms with E-state index in [2.05, 4.69) is 29.4 Å². The number of hydrogen-bond donors (Lipinski definition) is 1. The van der Waals surface area contributed by atoms with Crippen molar-refractivity contribution in [2.45, 2.75) is 38.9 Å². The first-order valence-corrected chi connectivity index (χ1v) is 12.1. The zero-order chi connectivity index (χ0) is 21.6. The molecule has 1 unspecified atom stereocenters. The predicted octanol–water partition coefficient (Wildman–Crippen LogP) is 2.40. The van der Waals surface area contributed by atoms with Gasteiger partial charge in [0.2, 0.25) is 15.9 Å². The van der Waals surface area contributed by atoms with E-state index in [1.807, 2.05) is 42.5 Å². The van der Waals surface area contributed by atoms with Gasteiger partial charge < -0.3 is 10.2 Å². The molecule has 1 heterocycles. The number of fused-ring (bicyclic) bond motifs is 1. The highest BCUT2D eigenvalue weighted by Gasteiger charge is 2.37. The molecule has 1 aliphatic heterocycles. The molecule has 1 amide bonds. The van der Waals surface area contributed by atoms with Crippen LogP contribution < -0.4 is 5.32 Å². The molecule has 0 spiro atoms. The van der Waals surface area contributed by atoms with Crippen LogP contribution in [0.25, 0.3) is 0 Å². The lowest BCUT2D eigenvalue weighted by Gasteiger charge is -2.34. The van der Waals surface area contributed by atoms with E-state index in [9.17, 15) is 13.2 Å². The van der Waals surface area contributed by atoms with Crippen LogP contribution in [-0.4, -0.2) is 55.5 Å². The van der Waals surface area contributed by atoms with Gasteiger partial charge >= 0.3 is 0 Å². The average Bonchev–Trinajstić information content (AvgIpc) is 2.76. The molecule has 1 atom stereocenters.